The van der Waals surface area contributed by atoms with E-state index >= 15 is 0 Å². The van der Waals surface area contributed by atoms with E-state index in [1.165, 1.54) is 0 Å². The molecule has 1 fully saturated rings. The van der Waals surface area contributed by atoms with Crippen molar-refractivity contribution in [2.45, 2.75) is 45.8 Å². The molecule has 0 radical (unpaired) electrons. The maximum atomic E-state index is 5.94. The fourth-order valence-corrected chi connectivity index (χ4v) is 1.76. The molecule has 0 amide bonds. The Hall–Kier alpha value is -1.13. The lowest BCUT2D eigenvalue weighted by molar-refractivity contribution is 0.00578. The summed E-state index contributed by atoms with van der Waals surface area (Å²) >= 11 is 0. The average molecular weight is 245 g/mol. The number of allylic oxidation sites excluding steroid dienone is 1. The van der Waals surface area contributed by atoms with Gasteiger partial charge in [0.1, 0.15) is 0 Å². The first-order valence-electron chi connectivity index (χ1n) is 6.20. The zero-order valence-corrected chi connectivity index (χ0v) is 11.8. The highest BCUT2D eigenvalue weighted by Gasteiger charge is 2.52. The molecule has 0 aliphatic carbocycles. The van der Waals surface area contributed by atoms with Crippen LogP contribution in [0.4, 0.5) is 0 Å². The summed E-state index contributed by atoms with van der Waals surface area (Å²) in [4.78, 5) is 4.40. The highest BCUT2D eigenvalue weighted by atomic mass is 16.7. The molecule has 1 aromatic rings. The van der Waals surface area contributed by atoms with Gasteiger partial charge in [0.2, 0.25) is 0 Å². The first-order valence-corrected chi connectivity index (χ1v) is 6.20. The van der Waals surface area contributed by atoms with Crippen LogP contribution in [0.2, 0.25) is 0 Å². The molecular formula is C14H20BNO2. The van der Waals surface area contributed by atoms with E-state index in [9.17, 15) is 0 Å². The highest BCUT2D eigenvalue weighted by molar-refractivity contribution is 6.61. The minimum atomic E-state index is -0.394. The zero-order valence-electron chi connectivity index (χ0n) is 11.8. The van der Waals surface area contributed by atoms with Crippen LogP contribution in [0.15, 0.2) is 24.9 Å². The Morgan fingerprint density at radius 3 is 2.11 bits per heavy atom. The molecule has 0 N–H and O–H groups in total. The SMILES string of the molecule is C=C(C)c1ccc(B2OC(C)(C)C(C)(C)O2)nc1. The fourth-order valence-electron chi connectivity index (χ4n) is 1.76. The van der Waals surface area contributed by atoms with Crippen LogP contribution in [-0.4, -0.2) is 23.3 Å². The fraction of sp³-hybridized carbons (Fsp3) is 0.500. The van der Waals surface area contributed by atoms with Crippen molar-refractivity contribution in [1.82, 2.24) is 4.98 Å². The lowest BCUT2D eigenvalue weighted by Crippen LogP contribution is -2.41. The predicted octanol–water partition coefficient (Wildman–Crippen LogP) is 2.41. The Morgan fingerprint density at radius 2 is 1.72 bits per heavy atom. The third kappa shape index (κ3) is 2.23. The van der Waals surface area contributed by atoms with Gasteiger partial charge < -0.3 is 9.31 Å². The number of hydrogen-bond acceptors (Lipinski definition) is 3. The summed E-state index contributed by atoms with van der Waals surface area (Å²) in [6.45, 7) is 14.0. The van der Waals surface area contributed by atoms with Crippen LogP contribution in [-0.2, 0) is 9.31 Å². The number of nitrogens with zero attached hydrogens (tertiary/aromatic N) is 1. The van der Waals surface area contributed by atoms with Crippen molar-refractivity contribution in [1.29, 1.82) is 0 Å². The standard InChI is InChI=1S/C14H20BNO2/c1-10(2)11-7-8-12(16-9-11)15-17-13(3,4)14(5,6)18-15/h7-9H,1H2,2-6H3. The van der Waals surface area contributed by atoms with Gasteiger partial charge in [-0.2, -0.15) is 0 Å². The molecule has 2 heterocycles. The Labute approximate surface area is 109 Å². The molecule has 0 spiro atoms. The topological polar surface area (TPSA) is 31.4 Å². The maximum Gasteiger partial charge on any atom is 0.514 e. The average Bonchev–Trinajstić information content (AvgIpc) is 2.48. The van der Waals surface area contributed by atoms with Crippen molar-refractivity contribution in [3.63, 3.8) is 0 Å². The minimum Gasteiger partial charge on any atom is -0.398 e. The number of aromatic nitrogens is 1. The minimum absolute atomic E-state index is 0.327. The molecule has 1 aliphatic rings. The third-order valence-electron chi connectivity index (χ3n) is 3.77. The molecular weight excluding hydrogens is 225 g/mol. The van der Waals surface area contributed by atoms with Gasteiger partial charge in [0.05, 0.1) is 16.8 Å². The van der Waals surface area contributed by atoms with Crippen molar-refractivity contribution in [2.75, 3.05) is 0 Å². The first kappa shape index (κ1) is 13.3. The van der Waals surface area contributed by atoms with Crippen LogP contribution < -0.4 is 5.59 Å². The normalized spacial score (nSPS) is 21.1. The smallest absolute Gasteiger partial charge is 0.398 e. The van der Waals surface area contributed by atoms with Crippen molar-refractivity contribution >= 4 is 18.3 Å². The molecule has 0 saturated carbocycles. The molecule has 96 valence electrons. The monoisotopic (exact) mass is 245 g/mol. The summed E-state index contributed by atoms with van der Waals surface area (Å²) in [5.41, 5.74) is 2.19. The molecule has 1 aliphatic heterocycles. The van der Waals surface area contributed by atoms with E-state index in [1.54, 1.807) is 0 Å². The molecule has 1 saturated heterocycles. The third-order valence-corrected chi connectivity index (χ3v) is 3.77. The van der Waals surface area contributed by atoms with Crippen molar-refractivity contribution in [3.05, 3.63) is 30.5 Å². The Balaban J connectivity index is 2.22. The lowest BCUT2D eigenvalue weighted by Gasteiger charge is -2.32. The van der Waals surface area contributed by atoms with E-state index in [1.807, 2.05) is 52.9 Å². The highest BCUT2D eigenvalue weighted by Crippen LogP contribution is 2.36. The molecule has 1 aromatic heterocycles. The van der Waals surface area contributed by atoms with Gasteiger partial charge in [-0.15, -0.1) is 0 Å². The van der Waals surface area contributed by atoms with Gasteiger partial charge in [0, 0.05) is 6.20 Å². The van der Waals surface area contributed by atoms with Gasteiger partial charge in [0.15, 0.2) is 0 Å². The molecule has 3 nitrogen and oxygen atoms in total. The van der Waals surface area contributed by atoms with Gasteiger partial charge in [-0.3, -0.25) is 4.98 Å². The van der Waals surface area contributed by atoms with Crippen molar-refractivity contribution in [2.24, 2.45) is 0 Å². The summed E-state index contributed by atoms with van der Waals surface area (Å²) < 4.78 is 11.9. The van der Waals surface area contributed by atoms with E-state index in [2.05, 4.69) is 11.6 Å². The molecule has 2 rings (SSSR count). The maximum absolute atomic E-state index is 5.94. The number of hydrogen-bond donors (Lipinski definition) is 0. The molecule has 4 heteroatoms. The van der Waals surface area contributed by atoms with Crippen LogP contribution in [0, 0.1) is 0 Å². The van der Waals surface area contributed by atoms with E-state index in [0.29, 0.717) is 0 Å². The predicted molar refractivity (Wildman–Crippen MR) is 74.7 cm³/mol. The molecule has 0 atom stereocenters. The second-order valence-corrected chi connectivity index (χ2v) is 5.84. The van der Waals surface area contributed by atoms with E-state index < -0.39 is 7.12 Å². The number of rotatable bonds is 2. The molecule has 0 bridgehead atoms. The summed E-state index contributed by atoms with van der Waals surface area (Å²) in [7, 11) is -0.394. The van der Waals surface area contributed by atoms with Gasteiger partial charge in [-0.25, -0.2) is 0 Å². The van der Waals surface area contributed by atoms with Crippen LogP contribution in [0.5, 0.6) is 0 Å². The summed E-state index contributed by atoms with van der Waals surface area (Å²) in [5, 5.41) is 0. The van der Waals surface area contributed by atoms with Crippen LogP contribution in [0.3, 0.4) is 0 Å². The van der Waals surface area contributed by atoms with Gasteiger partial charge in [0.25, 0.3) is 0 Å². The molecule has 0 aromatic carbocycles. The van der Waals surface area contributed by atoms with Gasteiger partial charge in [-0.1, -0.05) is 12.6 Å². The number of pyridine rings is 1. The summed E-state index contributed by atoms with van der Waals surface area (Å²) in [6, 6.07) is 3.93. The van der Waals surface area contributed by atoms with Crippen molar-refractivity contribution in [3.8, 4) is 0 Å². The second kappa shape index (κ2) is 4.21. The second-order valence-electron chi connectivity index (χ2n) is 5.84. The zero-order chi connectivity index (χ0) is 13.6. The quantitative estimate of drug-likeness (QED) is 0.750. The van der Waals surface area contributed by atoms with Crippen molar-refractivity contribution < 1.29 is 9.31 Å². The summed E-state index contributed by atoms with van der Waals surface area (Å²) in [5.74, 6) is 0. The van der Waals surface area contributed by atoms with E-state index in [-0.39, 0.29) is 11.2 Å². The van der Waals surface area contributed by atoms with E-state index in [0.717, 1.165) is 16.7 Å². The van der Waals surface area contributed by atoms with Gasteiger partial charge >= 0.3 is 7.12 Å². The molecule has 18 heavy (non-hydrogen) atoms. The Morgan fingerprint density at radius 1 is 1.17 bits per heavy atom. The van der Waals surface area contributed by atoms with Crippen LogP contribution >= 0.6 is 0 Å². The van der Waals surface area contributed by atoms with Gasteiger partial charge in [-0.05, 0) is 51.8 Å². The largest absolute Gasteiger partial charge is 0.514 e. The van der Waals surface area contributed by atoms with Crippen LogP contribution in [0.25, 0.3) is 5.57 Å². The first-order chi connectivity index (χ1) is 8.23. The summed E-state index contributed by atoms with van der Waals surface area (Å²) in [6.07, 6.45) is 1.81. The van der Waals surface area contributed by atoms with Crippen LogP contribution in [0.1, 0.15) is 40.2 Å². The lowest BCUT2D eigenvalue weighted by atomic mass is 9.84. The Bertz CT molecular complexity index is 449. The Kier molecular flexibility index (Phi) is 3.12. The molecule has 0 unspecified atom stereocenters. The van der Waals surface area contributed by atoms with E-state index in [4.69, 9.17) is 9.31 Å².